The first kappa shape index (κ1) is 15.6. The lowest BCUT2D eigenvalue weighted by atomic mass is 10.1. The van der Waals surface area contributed by atoms with Crippen LogP contribution in [0.5, 0.6) is 0 Å². The highest BCUT2D eigenvalue weighted by Crippen LogP contribution is 2.22. The minimum atomic E-state index is -0.361. The molecule has 0 aliphatic heterocycles. The van der Waals surface area contributed by atoms with Crippen molar-refractivity contribution in [1.82, 2.24) is 5.32 Å². The molecule has 102 valence electrons. The zero-order chi connectivity index (χ0) is 13.5. The van der Waals surface area contributed by atoms with Crippen molar-refractivity contribution in [3.05, 3.63) is 34.1 Å². The van der Waals surface area contributed by atoms with Crippen LogP contribution in [-0.4, -0.2) is 33.1 Å². The molecule has 0 fully saturated rings. The van der Waals surface area contributed by atoms with Gasteiger partial charge in [-0.05, 0) is 40.5 Å². The molecule has 1 aromatic carbocycles. The number of nitrogens with one attached hydrogen (secondary N) is 1. The minimum Gasteiger partial charge on any atom is -0.354 e. The second kappa shape index (κ2) is 7.84. The van der Waals surface area contributed by atoms with Gasteiger partial charge in [0.1, 0.15) is 5.82 Å². The first-order valence-electron chi connectivity index (χ1n) is 5.85. The van der Waals surface area contributed by atoms with Gasteiger partial charge >= 0.3 is 0 Å². The standard InChI is InChI=1S/C13H19BrFNO2/c1-4-16-11(13(17-2)18-3)8-9-6-5-7-10(15)12(9)14/h5-7,11,13,16H,4,8H2,1-3H3. The van der Waals surface area contributed by atoms with E-state index in [4.69, 9.17) is 9.47 Å². The summed E-state index contributed by atoms with van der Waals surface area (Å²) in [5.41, 5.74) is 0.889. The van der Waals surface area contributed by atoms with Crippen molar-refractivity contribution in [1.29, 1.82) is 0 Å². The Morgan fingerprint density at radius 3 is 2.56 bits per heavy atom. The van der Waals surface area contributed by atoms with Gasteiger partial charge in [0.2, 0.25) is 0 Å². The third kappa shape index (κ3) is 4.02. The molecule has 0 bridgehead atoms. The lowest BCUT2D eigenvalue weighted by molar-refractivity contribution is -0.122. The fraction of sp³-hybridized carbons (Fsp3) is 0.538. The van der Waals surface area contributed by atoms with Crippen molar-refractivity contribution >= 4 is 15.9 Å². The summed E-state index contributed by atoms with van der Waals surface area (Å²) in [5, 5.41) is 3.29. The van der Waals surface area contributed by atoms with E-state index < -0.39 is 0 Å². The molecular weight excluding hydrogens is 301 g/mol. The van der Waals surface area contributed by atoms with E-state index in [2.05, 4.69) is 21.2 Å². The Labute approximate surface area is 116 Å². The van der Waals surface area contributed by atoms with Crippen molar-refractivity contribution in [3.63, 3.8) is 0 Å². The molecule has 1 atom stereocenters. The molecule has 3 nitrogen and oxygen atoms in total. The third-order valence-electron chi connectivity index (χ3n) is 2.73. The lowest BCUT2D eigenvalue weighted by Crippen LogP contribution is -2.43. The Morgan fingerprint density at radius 1 is 1.33 bits per heavy atom. The predicted octanol–water partition coefficient (Wildman–Crippen LogP) is 2.73. The number of ether oxygens (including phenoxy) is 2. The van der Waals surface area contributed by atoms with Gasteiger partial charge in [0.05, 0.1) is 10.5 Å². The van der Waals surface area contributed by atoms with Gasteiger partial charge in [-0.1, -0.05) is 19.1 Å². The van der Waals surface area contributed by atoms with Gasteiger partial charge in [-0.2, -0.15) is 0 Å². The highest BCUT2D eigenvalue weighted by molar-refractivity contribution is 9.10. The number of benzene rings is 1. The van der Waals surface area contributed by atoms with Crippen LogP contribution in [0.2, 0.25) is 0 Å². The molecule has 0 aliphatic carbocycles. The average Bonchev–Trinajstić information content (AvgIpc) is 2.36. The molecule has 1 unspecified atom stereocenters. The van der Waals surface area contributed by atoms with Gasteiger partial charge in [0, 0.05) is 14.2 Å². The van der Waals surface area contributed by atoms with E-state index in [0.717, 1.165) is 12.1 Å². The molecular formula is C13H19BrFNO2. The van der Waals surface area contributed by atoms with Crippen LogP contribution in [0.15, 0.2) is 22.7 Å². The summed E-state index contributed by atoms with van der Waals surface area (Å²) >= 11 is 3.27. The molecule has 0 amide bonds. The molecule has 5 heteroatoms. The number of rotatable bonds is 7. The molecule has 1 aromatic rings. The van der Waals surface area contributed by atoms with Gasteiger partial charge in [-0.3, -0.25) is 0 Å². The van der Waals surface area contributed by atoms with E-state index in [1.807, 2.05) is 13.0 Å². The SMILES string of the molecule is CCNC(Cc1cccc(F)c1Br)C(OC)OC. The first-order valence-corrected chi connectivity index (χ1v) is 6.65. The van der Waals surface area contributed by atoms with Crippen LogP contribution in [0.1, 0.15) is 12.5 Å². The topological polar surface area (TPSA) is 30.5 Å². The molecule has 0 spiro atoms. The number of hydrogen-bond acceptors (Lipinski definition) is 3. The number of methoxy groups -OCH3 is 2. The average molecular weight is 320 g/mol. The molecule has 0 saturated heterocycles. The lowest BCUT2D eigenvalue weighted by Gasteiger charge is -2.26. The van der Waals surface area contributed by atoms with E-state index in [0.29, 0.717) is 10.9 Å². The Kier molecular flexibility index (Phi) is 6.78. The summed E-state index contributed by atoms with van der Waals surface area (Å²) < 4.78 is 24.5. The van der Waals surface area contributed by atoms with Gasteiger partial charge < -0.3 is 14.8 Å². The van der Waals surface area contributed by atoms with Crippen LogP contribution in [0, 0.1) is 5.82 Å². The van der Waals surface area contributed by atoms with E-state index in [9.17, 15) is 4.39 Å². The first-order chi connectivity index (χ1) is 8.63. The smallest absolute Gasteiger partial charge is 0.172 e. The fourth-order valence-corrected chi connectivity index (χ4v) is 2.32. The molecule has 18 heavy (non-hydrogen) atoms. The summed E-state index contributed by atoms with van der Waals surface area (Å²) in [6.07, 6.45) is 0.263. The summed E-state index contributed by atoms with van der Waals surface area (Å²) in [6.45, 7) is 2.80. The normalized spacial score (nSPS) is 13.0. The molecule has 0 saturated carbocycles. The highest BCUT2D eigenvalue weighted by atomic mass is 79.9. The predicted molar refractivity (Wildman–Crippen MR) is 73.1 cm³/mol. The Bertz CT molecular complexity index is 372. The van der Waals surface area contributed by atoms with E-state index in [1.165, 1.54) is 6.07 Å². The van der Waals surface area contributed by atoms with E-state index in [-0.39, 0.29) is 18.1 Å². The zero-order valence-electron chi connectivity index (χ0n) is 10.9. The van der Waals surface area contributed by atoms with Crippen LogP contribution in [0.3, 0.4) is 0 Å². The van der Waals surface area contributed by atoms with Crippen LogP contribution >= 0.6 is 15.9 Å². The molecule has 1 N–H and O–H groups in total. The second-order valence-electron chi connectivity index (χ2n) is 3.92. The molecule has 0 aliphatic rings. The van der Waals surface area contributed by atoms with Gasteiger partial charge in [0.25, 0.3) is 0 Å². The fourth-order valence-electron chi connectivity index (χ4n) is 1.89. The molecule has 0 heterocycles. The highest BCUT2D eigenvalue weighted by Gasteiger charge is 2.21. The summed E-state index contributed by atoms with van der Waals surface area (Å²) in [6, 6.07) is 5.00. The summed E-state index contributed by atoms with van der Waals surface area (Å²) in [4.78, 5) is 0. The maximum absolute atomic E-state index is 13.5. The van der Waals surface area contributed by atoms with Gasteiger partial charge in [-0.15, -0.1) is 0 Å². The van der Waals surface area contributed by atoms with Crippen LogP contribution < -0.4 is 5.32 Å². The van der Waals surface area contributed by atoms with Crippen LogP contribution in [0.25, 0.3) is 0 Å². The quantitative estimate of drug-likeness (QED) is 0.784. The Hall–Kier alpha value is -0.490. The van der Waals surface area contributed by atoms with Crippen molar-refractivity contribution in [2.24, 2.45) is 0 Å². The van der Waals surface area contributed by atoms with Crippen molar-refractivity contribution in [2.75, 3.05) is 20.8 Å². The Morgan fingerprint density at radius 2 is 2.00 bits per heavy atom. The summed E-state index contributed by atoms with van der Waals surface area (Å²) in [7, 11) is 3.19. The van der Waals surface area contributed by atoms with Crippen molar-refractivity contribution < 1.29 is 13.9 Å². The second-order valence-corrected chi connectivity index (χ2v) is 4.71. The van der Waals surface area contributed by atoms with Crippen LogP contribution in [0.4, 0.5) is 4.39 Å². The third-order valence-corrected chi connectivity index (χ3v) is 3.62. The largest absolute Gasteiger partial charge is 0.354 e. The van der Waals surface area contributed by atoms with Crippen molar-refractivity contribution in [2.45, 2.75) is 25.7 Å². The van der Waals surface area contributed by atoms with Crippen LogP contribution in [-0.2, 0) is 15.9 Å². The molecule has 0 radical (unpaired) electrons. The molecule has 0 aromatic heterocycles. The maximum atomic E-state index is 13.5. The number of likely N-dealkylation sites (N-methyl/N-ethyl adjacent to an activating group) is 1. The molecule has 1 rings (SSSR count). The minimum absolute atomic E-state index is 0.0249. The van der Waals surface area contributed by atoms with Gasteiger partial charge in [-0.25, -0.2) is 4.39 Å². The maximum Gasteiger partial charge on any atom is 0.172 e. The monoisotopic (exact) mass is 319 g/mol. The Balaban J connectivity index is 2.85. The zero-order valence-corrected chi connectivity index (χ0v) is 12.5. The van der Waals surface area contributed by atoms with Crippen molar-refractivity contribution in [3.8, 4) is 0 Å². The van der Waals surface area contributed by atoms with E-state index in [1.54, 1.807) is 20.3 Å². The van der Waals surface area contributed by atoms with E-state index >= 15 is 0 Å². The summed E-state index contributed by atoms with van der Waals surface area (Å²) in [5.74, 6) is -0.255. The van der Waals surface area contributed by atoms with Gasteiger partial charge in [0.15, 0.2) is 6.29 Å². The number of hydrogen-bond donors (Lipinski definition) is 1. The number of halogens is 2.